The van der Waals surface area contributed by atoms with E-state index in [4.69, 9.17) is 4.98 Å². The third kappa shape index (κ3) is 4.77. The van der Waals surface area contributed by atoms with Crippen molar-refractivity contribution in [2.24, 2.45) is 0 Å². The number of nitrogens with one attached hydrogen (secondary N) is 2. The number of aliphatic hydroxyl groups excluding tert-OH is 1. The van der Waals surface area contributed by atoms with Crippen molar-refractivity contribution in [1.82, 2.24) is 35.2 Å². The largest absolute Gasteiger partial charge is 0.390 e. The minimum absolute atomic E-state index is 0.0108. The number of aliphatic hydroxyl groups is 1. The van der Waals surface area contributed by atoms with Crippen LogP contribution in [0.1, 0.15) is 39.2 Å². The number of H-pyrrole nitrogens is 1. The Morgan fingerprint density at radius 2 is 1.97 bits per heavy atom. The molecule has 0 spiro atoms. The van der Waals surface area contributed by atoms with E-state index in [2.05, 4.69) is 62.7 Å². The van der Waals surface area contributed by atoms with Gasteiger partial charge in [0.05, 0.1) is 17.3 Å². The maximum Gasteiger partial charge on any atom is 0.254 e. The minimum atomic E-state index is -0.624. The van der Waals surface area contributed by atoms with E-state index in [1.807, 2.05) is 12.3 Å². The van der Waals surface area contributed by atoms with Crippen LogP contribution in [0.15, 0.2) is 42.6 Å². The molecule has 2 atom stereocenters. The van der Waals surface area contributed by atoms with Gasteiger partial charge in [-0.3, -0.25) is 14.8 Å². The number of fused-ring (bicyclic) bond motifs is 2. The van der Waals surface area contributed by atoms with Crippen LogP contribution in [0.2, 0.25) is 0 Å². The molecule has 10 heteroatoms. The molecule has 10 nitrogen and oxygen atoms in total. The summed E-state index contributed by atoms with van der Waals surface area (Å²) in [6, 6.07) is 11.6. The first-order chi connectivity index (χ1) is 17.9. The second-order valence-corrected chi connectivity index (χ2v) is 10.1. The fourth-order valence-corrected chi connectivity index (χ4v) is 5.54. The summed E-state index contributed by atoms with van der Waals surface area (Å²) in [4.78, 5) is 26.4. The number of hydrogen-bond donors (Lipinski definition) is 3. The van der Waals surface area contributed by atoms with Crippen molar-refractivity contribution < 1.29 is 9.90 Å². The van der Waals surface area contributed by atoms with Gasteiger partial charge in [-0.1, -0.05) is 11.3 Å². The van der Waals surface area contributed by atoms with Gasteiger partial charge in [0, 0.05) is 61.7 Å². The summed E-state index contributed by atoms with van der Waals surface area (Å²) in [6.07, 6.45) is 2.77. The zero-order chi connectivity index (χ0) is 25.5. The molecule has 37 heavy (non-hydrogen) atoms. The lowest BCUT2D eigenvalue weighted by Gasteiger charge is -2.43. The number of rotatable bonds is 4. The Morgan fingerprint density at radius 1 is 1.14 bits per heavy atom. The molecular weight excluding hydrogens is 468 g/mol. The predicted molar refractivity (Wildman–Crippen MR) is 140 cm³/mol. The summed E-state index contributed by atoms with van der Waals surface area (Å²) in [6.45, 7) is 6.55. The highest BCUT2D eigenvalue weighted by Crippen LogP contribution is 2.26. The molecule has 2 aliphatic heterocycles. The zero-order valence-corrected chi connectivity index (χ0v) is 21.0. The average molecular weight is 499 g/mol. The van der Waals surface area contributed by atoms with E-state index in [9.17, 15) is 9.90 Å². The van der Waals surface area contributed by atoms with E-state index in [0.717, 1.165) is 35.4 Å². The summed E-state index contributed by atoms with van der Waals surface area (Å²) in [5, 5.41) is 24.9. The number of nitrogens with zero attached hydrogens (tertiary/aromatic N) is 6. The summed E-state index contributed by atoms with van der Waals surface area (Å²) in [5.41, 5.74) is 7.51. The maximum atomic E-state index is 13.1. The van der Waals surface area contributed by atoms with Crippen molar-refractivity contribution in [1.29, 1.82) is 0 Å². The number of anilines is 2. The van der Waals surface area contributed by atoms with Gasteiger partial charge in [0.1, 0.15) is 5.52 Å². The molecule has 2 unspecified atom stereocenters. The minimum Gasteiger partial charge on any atom is -0.390 e. The number of benzene rings is 2. The van der Waals surface area contributed by atoms with Crippen LogP contribution in [0, 0.1) is 13.8 Å². The van der Waals surface area contributed by atoms with Crippen molar-refractivity contribution >= 4 is 28.6 Å². The van der Waals surface area contributed by atoms with Gasteiger partial charge in [-0.2, -0.15) is 0 Å². The fraction of sp³-hybridized carbons (Fsp3) is 0.370. The summed E-state index contributed by atoms with van der Waals surface area (Å²) in [5.74, 6) is 0.511. The Kier molecular flexibility index (Phi) is 6.05. The van der Waals surface area contributed by atoms with Crippen molar-refractivity contribution in [3.05, 3.63) is 70.5 Å². The van der Waals surface area contributed by atoms with Gasteiger partial charge in [-0.05, 0) is 61.7 Å². The lowest BCUT2D eigenvalue weighted by molar-refractivity contribution is -0.0139. The van der Waals surface area contributed by atoms with Crippen LogP contribution in [-0.2, 0) is 13.0 Å². The second kappa shape index (κ2) is 9.53. The van der Waals surface area contributed by atoms with Gasteiger partial charge in [-0.25, -0.2) is 9.97 Å². The molecule has 2 aromatic heterocycles. The SMILES string of the molecule is Cc1cc(C)cc(Nc2ncc3c(n2)CCN(C2CCN(C(=O)c4ccc5[nH]nnc5c4)CC2O)C3)c1. The van der Waals surface area contributed by atoms with Gasteiger partial charge in [0.25, 0.3) is 5.91 Å². The molecular formula is C27H30N8O2. The molecule has 190 valence electrons. The molecule has 1 fully saturated rings. The zero-order valence-electron chi connectivity index (χ0n) is 21.0. The van der Waals surface area contributed by atoms with E-state index < -0.39 is 6.10 Å². The van der Waals surface area contributed by atoms with E-state index >= 15 is 0 Å². The summed E-state index contributed by atoms with van der Waals surface area (Å²) < 4.78 is 0. The fourth-order valence-electron chi connectivity index (χ4n) is 5.54. The van der Waals surface area contributed by atoms with E-state index in [1.165, 1.54) is 11.1 Å². The highest BCUT2D eigenvalue weighted by atomic mass is 16.3. The molecule has 4 heterocycles. The number of piperidine rings is 1. The molecule has 0 saturated carbocycles. The smallest absolute Gasteiger partial charge is 0.254 e. The van der Waals surface area contributed by atoms with Crippen LogP contribution in [0.3, 0.4) is 0 Å². The molecule has 4 aromatic rings. The Bertz CT molecular complexity index is 1450. The Balaban J connectivity index is 1.09. The molecule has 0 bridgehead atoms. The van der Waals surface area contributed by atoms with Crippen LogP contribution >= 0.6 is 0 Å². The number of aromatic amines is 1. The van der Waals surface area contributed by atoms with Crippen LogP contribution in [0.5, 0.6) is 0 Å². The van der Waals surface area contributed by atoms with Crippen LogP contribution in [-0.4, -0.2) is 78.0 Å². The number of aryl methyl sites for hydroxylation is 2. The molecule has 2 aromatic carbocycles. The Hall–Kier alpha value is -3.89. The first-order valence-corrected chi connectivity index (χ1v) is 12.7. The van der Waals surface area contributed by atoms with Crippen LogP contribution < -0.4 is 5.32 Å². The van der Waals surface area contributed by atoms with Crippen molar-refractivity contribution in [3.63, 3.8) is 0 Å². The molecule has 1 amide bonds. The number of β-amino-alcohol motifs (C(OH)–C–C–N with tert-alkyl or cyclic N) is 1. The number of likely N-dealkylation sites (tertiary alicyclic amines) is 1. The number of carbonyl (C=O) groups is 1. The highest BCUT2D eigenvalue weighted by molar-refractivity contribution is 5.97. The van der Waals surface area contributed by atoms with E-state index in [0.29, 0.717) is 43.1 Å². The van der Waals surface area contributed by atoms with E-state index in [1.54, 1.807) is 17.0 Å². The first-order valence-electron chi connectivity index (χ1n) is 12.7. The highest BCUT2D eigenvalue weighted by Gasteiger charge is 2.36. The van der Waals surface area contributed by atoms with Gasteiger partial charge in [0.2, 0.25) is 5.95 Å². The molecule has 6 rings (SSSR count). The monoisotopic (exact) mass is 498 g/mol. The topological polar surface area (TPSA) is 123 Å². The number of hydrogen-bond acceptors (Lipinski definition) is 8. The number of amides is 1. The summed E-state index contributed by atoms with van der Waals surface area (Å²) >= 11 is 0. The molecule has 0 radical (unpaired) electrons. The number of aromatic nitrogens is 5. The Labute approximate surface area is 214 Å². The average Bonchev–Trinajstić information content (AvgIpc) is 3.35. The third-order valence-electron chi connectivity index (χ3n) is 7.32. The van der Waals surface area contributed by atoms with E-state index in [-0.39, 0.29) is 11.9 Å². The molecule has 2 aliphatic rings. The quantitative estimate of drug-likeness (QED) is 0.393. The van der Waals surface area contributed by atoms with Gasteiger partial charge < -0.3 is 15.3 Å². The second-order valence-electron chi connectivity index (χ2n) is 10.1. The standard InChI is InChI=1S/C27H30N8O2/c1-16-9-17(2)11-20(10-16)29-27-28-13-19-14-34(7-5-21(19)30-27)24-6-8-35(15-25(24)36)26(37)18-3-4-22-23(12-18)32-33-31-22/h3-4,9-13,24-25,36H,5-8,14-15H2,1-2H3,(H,28,29,30)(H,31,32,33). The van der Waals surface area contributed by atoms with Crippen LogP contribution in [0.4, 0.5) is 11.6 Å². The first kappa shape index (κ1) is 23.5. The lowest BCUT2D eigenvalue weighted by Crippen LogP contribution is -2.56. The molecule has 1 saturated heterocycles. The third-order valence-corrected chi connectivity index (χ3v) is 7.32. The lowest BCUT2D eigenvalue weighted by atomic mass is 9.96. The van der Waals surface area contributed by atoms with Gasteiger partial charge in [-0.15, -0.1) is 5.10 Å². The van der Waals surface area contributed by atoms with Crippen molar-refractivity contribution in [3.8, 4) is 0 Å². The van der Waals surface area contributed by atoms with Crippen molar-refractivity contribution in [2.75, 3.05) is 25.0 Å². The van der Waals surface area contributed by atoms with Gasteiger partial charge in [0.15, 0.2) is 0 Å². The predicted octanol–water partition coefficient (Wildman–Crippen LogP) is 2.74. The van der Waals surface area contributed by atoms with Crippen LogP contribution in [0.25, 0.3) is 11.0 Å². The van der Waals surface area contributed by atoms with Crippen molar-refractivity contribution in [2.45, 2.75) is 45.4 Å². The summed E-state index contributed by atoms with van der Waals surface area (Å²) in [7, 11) is 0. The number of carbonyl (C=O) groups excluding carboxylic acids is 1. The Morgan fingerprint density at radius 3 is 2.78 bits per heavy atom. The molecule has 3 N–H and O–H groups in total. The maximum absolute atomic E-state index is 13.1. The molecule has 0 aliphatic carbocycles. The van der Waals surface area contributed by atoms with Gasteiger partial charge >= 0.3 is 0 Å². The normalized spacial score (nSPS) is 20.1.